The fourth-order valence-corrected chi connectivity index (χ4v) is 3.44. The van der Waals surface area contributed by atoms with Gasteiger partial charge in [0.1, 0.15) is 5.69 Å². The molecule has 4 rings (SSSR count). The highest BCUT2D eigenvalue weighted by atomic mass is 16.6. The van der Waals surface area contributed by atoms with Crippen LogP contribution in [-0.4, -0.2) is 38.1 Å². The van der Waals surface area contributed by atoms with Crippen molar-refractivity contribution in [3.63, 3.8) is 0 Å². The van der Waals surface area contributed by atoms with Gasteiger partial charge in [-0.05, 0) is 53.9 Å². The van der Waals surface area contributed by atoms with Gasteiger partial charge in [0, 0.05) is 17.1 Å². The van der Waals surface area contributed by atoms with E-state index in [1.807, 2.05) is 6.07 Å². The zero-order valence-electron chi connectivity index (χ0n) is 18.3. The predicted octanol–water partition coefficient (Wildman–Crippen LogP) is 4.71. The minimum atomic E-state index is -0.523. The number of ketones is 1. The number of carbonyl (C=O) groups excluding carboxylic acids is 2. The Morgan fingerprint density at radius 2 is 1.36 bits per heavy atom. The van der Waals surface area contributed by atoms with Gasteiger partial charge >= 0.3 is 5.97 Å². The summed E-state index contributed by atoms with van der Waals surface area (Å²) in [7, 11) is 4.52. The standard InChI is InChI=1S/C26H21NO6/c1-30-21-14-18(9-10-20(21)33-26(29)16-7-5-4-6-8-16)25(28)24-19-15-23(32-3)22(31-2)13-17(19)11-12-27-24/h4-15H,1-3H3. The summed E-state index contributed by atoms with van der Waals surface area (Å²) in [4.78, 5) is 30.1. The number of fused-ring (bicyclic) bond motifs is 1. The van der Waals surface area contributed by atoms with Crippen molar-refractivity contribution in [1.29, 1.82) is 0 Å². The molecule has 1 heterocycles. The molecule has 7 nitrogen and oxygen atoms in total. The van der Waals surface area contributed by atoms with E-state index in [4.69, 9.17) is 18.9 Å². The molecule has 7 heteroatoms. The van der Waals surface area contributed by atoms with E-state index in [2.05, 4.69) is 4.98 Å². The SMILES string of the molecule is COc1cc2ccnc(C(=O)c3ccc(OC(=O)c4ccccc4)c(OC)c3)c2cc1OC. The number of hydrogen-bond donors (Lipinski definition) is 0. The number of nitrogens with zero attached hydrogens (tertiary/aromatic N) is 1. The number of methoxy groups -OCH3 is 3. The molecule has 0 saturated heterocycles. The van der Waals surface area contributed by atoms with Crippen LogP contribution in [0.15, 0.2) is 72.9 Å². The largest absolute Gasteiger partial charge is 0.493 e. The molecule has 1 aromatic heterocycles. The van der Waals surface area contributed by atoms with E-state index in [1.54, 1.807) is 61.8 Å². The summed E-state index contributed by atoms with van der Waals surface area (Å²) in [5, 5.41) is 1.41. The lowest BCUT2D eigenvalue weighted by Gasteiger charge is -2.12. The molecule has 0 radical (unpaired) electrons. The summed E-state index contributed by atoms with van der Waals surface area (Å²) in [6.45, 7) is 0. The van der Waals surface area contributed by atoms with E-state index in [0.29, 0.717) is 28.0 Å². The minimum Gasteiger partial charge on any atom is -0.493 e. The summed E-state index contributed by atoms with van der Waals surface area (Å²) < 4.78 is 21.6. The molecule has 33 heavy (non-hydrogen) atoms. The van der Waals surface area contributed by atoms with Crippen molar-refractivity contribution < 1.29 is 28.5 Å². The van der Waals surface area contributed by atoms with Crippen LogP contribution in [-0.2, 0) is 0 Å². The van der Waals surface area contributed by atoms with Crippen LogP contribution in [0.2, 0.25) is 0 Å². The molecule has 0 atom stereocenters. The van der Waals surface area contributed by atoms with Crippen LogP contribution in [0.3, 0.4) is 0 Å². The van der Waals surface area contributed by atoms with Crippen LogP contribution in [0.5, 0.6) is 23.0 Å². The summed E-state index contributed by atoms with van der Waals surface area (Å²) in [5.41, 5.74) is 0.995. The second kappa shape index (κ2) is 9.40. The highest BCUT2D eigenvalue weighted by Gasteiger charge is 2.20. The Morgan fingerprint density at radius 3 is 2.06 bits per heavy atom. The van der Waals surface area contributed by atoms with Crippen LogP contribution in [0, 0.1) is 0 Å². The first-order valence-electron chi connectivity index (χ1n) is 10.1. The Hall–Kier alpha value is -4.39. The Bertz CT molecular complexity index is 1330. The number of aromatic nitrogens is 1. The maximum atomic E-state index is 13.3. The van der Waals surface area contributed by atoms with Crippen molar-refractivity contribution in [2.24, 2.45) is 0 Å². The third-order valence-corrected chi connectivity index (χ3v) is 5.12. The lowest BCUT2D eigenvalue weighted by Crippen LogP contribution is -2.10. The van der Waals surface area contributed by atoms with E-state index in [9.17, 15) is 9.59 Å². The van der Waals surface area contributed by atoms with Gasteiger partial charge in [0.05, 0.1) is 26.9 Å². The lowest BCUT2D eigenvalue weighted by atomic mass is 10.0. The van der Waals surface area contributed by atoms with Crippen LogP contribution < -0.4 is 18.9 Å². The Labute approximate surface area is 190 Å². The highest BCUT2D eigenvalue weighted by Crippen LogP contribution is 2.34. The molecular weight excluding hydrogens is 422 g/mol. The number of hydrogen-bond acceptors (Lipinski definition) is 7. The number of carbonyl (C=O) groups is 2. The minimum absolute atomic E-state index is 0.209. The van der Waals surface area contributed by atoms with E-state index in [1.165, 1.54) is 26.4 Å². The van der Waals surface area contributed by atoms with Crippen molar-refractivity contribution in [2.75, 3.05) is 21.3 Å². The van der Waals surface area contributed by atoms with Crippen molar-refractivity contribution >= 4 is 22.5 Å². The lowest BCUT2D eigenvalue weighted by molar-refractivity contribution is 0.0729. The van der Waals surface area contributed by atoms with Gasteiger partial charge in [0.2, 0.25) is 5.78 Å². The molecule has 0 aliphatic carbocycles. The fraction of sp³-hybridized carbons (Fsp3) is 0.115. The van der Waals surface area contributed by atoms with Crippen LogP contribution in [0.25, 0.3) is 10.8 Å². The number of pyridine rings is 1. The van der Waals surface area contributed by atoms with Crippen LogP contribution >= 0.6 is 0 Å². The maximum Gasteiger partial charge on any atom is 0.343 e. The average Bonchev–Trinajstić information content (AvgIpc) is 2.87. The second-order valence-electron chi connectivity index (χ2n) is 7.04. The van der Waals surface area contributed by atoms with Gasteiger partial charge in [0.15, 0.2) is 23.0 Å². The summed E-state index contributed by atoms with van der Waals surface area (Å²) in [5.74, 6) is 0.676. The smallest absolute Gasteiger partial charge is 0.343 e. The number of ether oxygens (including phenoxy) is 4. The molecule has 166 valence electrons. The maximum absolute atomic E-state index is 13.3. The third kappa shape index (κ3) is 4.34. The topological polar surface area (TPSA) is 84.0 Å². The van der Waals surface area contributed by atoms with Gasteiger partial charge in [-0.25, -0.2) is 4.79 Å². The van der Waals surface area contributed by atoms with Gasteiger partial charge in [-0.15, -0.1) is 0 Å². The van der Waals surface area contributed by atoms with Gasteiger partial charge in [-0.2, -0.15) is 0 Å². The number of benzene rings is 3. The molecular formula is C26H21NO6. The van der Waals surface area contributed by atoms with Gasteiger partial charge in [0.25, 0.3) is 0 Å². The molecule has 0 N–H and O–H groups in total. The van der Waals surface area contributed by atoms with E-state index < -0.39 is 5.97 Å². The van der Waals surface area contributed by atoms with E-state index in [-0.39, 0.29) is 23.0 Å². The third-order valence-electron chi connectivity index (χ3n) is 5.12. The molecule has 0 unspecified atom stereocenters. The highest BCUT2D eigenvalue weighted by molar-refractivity contribution is 6.15. The zero-order chi connectivity index (χ0) is 23.4. The molecule has 0 amide bonds. The van der Waals surface area contributed by atoms with E-state index >= 15 is 0 Å². The number of rotatable bonds is 7. The predicted molar refractivity (Wildman–Crippen MR) is 123 cm³/mol. The zero-order valence-corrected chi connectivity index (χ0v) is 18.3. The molecule has 4 aromatic rings. The van der Waals surface area contributed by atoms with Crippen molar-refractivity contribution in [3.8, 4) is 23.0 Å². The van der Waals surface area contributed by atoms with Crippen molar-refractivity contribution in [2.45, 2.75) is 0 Å². The van der Waals surface area contributed by atoms with E-state index in [0.717, 1.165) is 5.39 Å². The van der Waals surface area contributed by atoms with Crippen LogP contribution in [0.1, 0.15) is 26.4 Å². The summed E-state index contributed by atoms with van der Waals surface area (Å²) >= 11 is 0. The Kier molecular flexibility index (Phi) is 6.22. The molecule has 3 aromatic carbocycles. The van der Waals surface area contributed by atoms with Gasteiger partial charge in [-0.3, -0.25) is 9.78 Å². The monoisotopic (exact) mass is 443 g/mol. The molecule has 0 spiro atoms. The first kappa shape index (κ1) is 21.8. The van der Waals surface area contributed by atoms with Crippen molar-refractivity contribution in [3.05, 3.63) is 89.7 Å². The van der Waals surface area contributed by atoms with Gasteiger partial charge < -0.3 is 18.9 Å². The first-order chi connectivity index (χ1) is 16.0. The normalized spacial score (nSPS) is 10.5. The Balaban J connectivity index is 1.69. The molecule has 0 fully saturated rings. The fourth-order valence-electron chi connectivity index (χ4n) is 3.44. The summed E-state index contributed by atoms with van der Waals surface area (Å²) in [6.07, 6.45) is 1.56. The molecule has 0 saturated carbocycles. The van der Waals surface area contributed by atoms with Crippen molar-refractivity contribution in [1.82, 2.24) is 4.98 Å². The first-order valence-corrected chi connectivity index (χ1v) is 10.1. The number of esters is 1. The molecule has 0 aliphatic heterocycles. The van der Waals surface area contributed by atoms with Gasteiger partial charge in [-0.1, -0.05) is 18.2 Å². The molecule has 0 bridgehead atoms. The van der Waals surface area contributed by atoms with Crippen LogP contribution in [0.4, 0.5) is 0 Å². The average molecular weight is 443 g/mol. The summed E-state index contributed by atoms with van der Waals surface area (Å²) in [6, 6.07) is 18.5. The Morgan fingerprint density at radius 1 is 0.697 bits per heavy atom. The molecule has 0 aliphatic rings. The second-order valence-corrected chi connectivity index (χ2v) is 7.04. The quantitative estimate of drug-likeness (QED) is 0.232.